The Morgan fingerprint density at radius 1 is 1.47 bits per heavy atom. The third kappa shape index (κ3) is 2.24. The number of nitrogens with one attached hydrogen (secondary N) is 1. The highest BCUT2D eigenvalue weighted by Gasteiger charge is 2.15. The summed E-state index contributed by atoms with van der Waals surface area (Å²) in [5, 5.41) is 3.68. The van der Waals surface area contributed by atoms with Gasteiger partial charge in [-0.2, -0.15) is 0 Å². The Labute approximate surface area is 101 Å². The molecule has 0 heterocycles. The van der Waals surface area contributed by atoms with E-state index in [1.807, 2.05) is 19.9 Å². The average molecular weight is 244 g/mol. The summed E-state index contributed by atoms with van der Waals surface area (Å²) in [5.41, 5.74) is 2.81. The van der Waals surface area contributed by atoms with E-state index in [1.165, 1.54) is 0 Å². The molecule has 2 nitrogen and oxygen atoms in total. The zero-order valence-electron chi connectivity index (χ0n) is 9.27. The second kappa shape index (κ2) is 4.81. The second-order valence-corrected chi connectivity index (χ2v) is 4.08. The minimum Gasteiger partial charge on any atom is -0.496 e. The number of aryl methyl sites for hydroxylation is 1. The zero-order chi connectivity index (χ0) is 11.6. The van der Waals surface area contributed by atoms with Crippen LogP contribution in [0.15, 0.2) is 6.07 Å². The van der Waals surface area contributed by atoms with Gasteiger partial charge in [-0.1, -0.05) is 23.8 Å². The normalized spacial score (nSPS) is 9.93. The predicted molar refractivity (Wildman–Crippen MR) is 68.2 cm³/mol. The lowest BCUT2D eigenvalue weighted by Crippen LogP contribution is -2.19. The summed E-state index contributed by atoms with van der Waals surface area (Å²) in [6.07, 6.45) is 0. The molecule has 1 rings (SSSR count). The molecular weight excluding hydrogens is 230 g/mol. The van der Waals surface area contributed by atoms with Crippen molar-refractivity contribution in [1.29, 1.82) is 0 Å². The molecule has 0 fully saturated rings. The van der Waals surface area contributed by atoms with Crippen LogP contribution in [-0.2, 0) is 0 Å². The fourth-order valence-corrected chi connectivity index (χ4v) is 1.89. The van der Waals surface area contributed by atoms with E-state index >= 15 is 0 Å². The summed E-state index contributed by atoms with van der Waals surface area (Å²) >= 11 is 11.4. The maximum absolute atomic E-state index is 6.17. The molecule has 0 aliphatic rings. The molecule has 0 radical (unpaired) electrons. The first-order chi connectivity index (χ1) is 7.02. The van der Waals surface area contributed by atoms with E-state index in [4.69, 9.17) is 28.6 Å². The number of rotatable bonds is 2. The van der Waals surface area contributed by atoms with Gasteiger partial charge in [0, 0.05) is 12.1 Å². The summed E-state index contributed by atoms with van der Waals surface area (Å²) in [6.45, 7) is 3.89. The van der Waals surface area contributed by atoms with E-state index < -0.39 is 0 Å². The Bertz CT molecular complexity index is 404. The van der Waals surface area contributed by atoms with Crippen LogP contribution in [0, 0.1) is 13.8 Å². The molecule has 0 bridgehead atoms. The van der Waals surface area contributed by atoms with Gasteiger partial charge in [-0.3, -0.25) is 0 Å². The molecule has 0 aliphatic carbocycles. The Hall–Kier alpha value is -0.800. The molecule has 15 heavy (non-hydrogen) atoms. The van der Waals surface area contributed by atoms with Crippen molar-refractivity contribution in [2.75, 3.05) is 14.2 Å². The van der Waals surface area contributed by atoms with E-state index in [-0.39, 0.29) is 0 Å². The first-order valence-electron chi connectivity index (χ1n) is 4.58. The van der Waals surface area contributed by atoms with E-state index in [9.17, 15) is 0 Å². The summed E-state index contributed by atoms with van der Waals surface area (Å²) in [7, 11) is 3.42. The minimum atomic E-state index is 0.645. The summed E-state index contributed by atoms with van der Waals surface area (Å²) < 4.78 is 5.30. The van der Waals surface area contributed by atoms with Crippen LogP contribution in [0.5, 0.6) is 5.75 Å². The standard InChI is InChI=1S/C11H14ClNOS/c1-6-5-8(14-4)9(11(15)13-3)7(2)10(6)12/h5H,1-4H3,(H,13,15). The second-order valence-electron chi connectivity index (χ2n) is 3.29. The van der Waals surface area contributed by atoms with E-state index in [2.05, 4.69) is 5.32 Å². The molecule has 0 aromatic heterocycles. The molecule has 1 N–H and O–H groups in total. The SMILES string of the molecule is CNC(=S)c1c(OC)cc(C)c(Cl)c1C. The quantitative estimate of drug-likeness (QED) is 0.808. The van der Waals surface area contributed by atoms with Gasteiger partial charge in [0.2, 0.25) is 0 Å². The van der Waals surface area contributed by atoms with Gasteiger partial charge >= 0.3 is 0 Å². The van der Waals surface area contributed by atoms with Crippen LogP contribution in [0.3, 0.4) is 0 Å². The number of hydrogen-bond acceptors (Lipinski definition) is 2. The highest BCUT2D eigenvalue weighted by atomic mass is 35.5. The smallest absolute Gasteiger partial charge is 0.129 e. The van der Waals surface area contributed by atoms with Gasteiger partial charge in [0.15, 0.2) is 0 Å². The van der Waals surface area contributed by atoms with Crippen molar-refractivity contribution in [1.82, 2.24) is 5.32 Å². The Kier molecular flexibility index (Phi) is 3.94. The largest absolute Gasteiger partial charge is 0.496 e. The summed E-state index contributed by atoms with van der Waals surface area (Å²) in [4.78, 5) is 0.645. The van der Waals surface area contributed by atoms with Gasteiger partial charge in [-0.15, -0.1) is 0 Å². The van der Waals surface area contributed by atoms with Crippen LogP contribution in [0.2, 0.25) is 5.02 Å². The predicted octanol–water partition coefficient (Wildman–Crippen LogP) is 2.86. The van der Waals surface area contributed by atoms with Crippen molar-refractivity contribution in [2.24, 2.45) is 0 Å². The molecule has 0 aliphatic heterocycles. The molecule has 1 aromatic carbocycles. The number of methoxy groups -OCH3 is 1. The lowest BCUT2D eigenvalue weighted by atomic mass is 10.0. The fraction of sp³-hybridized carbons (Fsp3) is 0.364. The molecule has 82 valence electrons. The van der Waals surface area contributed by atoms with Gasteiger partial charge in [-0.05, 0) is 31.0 Å². The highest BCUT2D eigenvalue weighted by Crippen LogP contribution is 2.31. The van der Waals surface area contributed by atoms with Crippen molar-refractivity contribution in [3.05, 3.63) is 27.8 Å². The average Bonchev–Trinajstić information content (AvgIpc) is 2.24. The number of halogens is 1. The van der Waals surface area contributed by atoms with Gasteiger partial charge in [-0.25, -0.2) is 0 Å². The summed E-state index contributed by atoms with van der Waals surface area (Å²) in [6, 6.07) is 1.90. The third-order valence-electron chi connectivity index (χ3n) is 2.32. The van der Waals surface area contributed by atoms with Gasteiger partial charge in [0.25, 0.3) is 0 Å². The molecule has 1 aromatic rings. The molecule has 0 amide bonds. The van der Waals surface area contributed by atoms with Crippen molar-refractivity contribution >= 4 is 28.8 Å². The van der Waals surface area contributed by atoms with Crippen molar-refractivity contribution in [2.45, 2.75) is 13.8 Å². The van der Waals surface area contributed by atoms with Crippen LogP contribution in [0.1, 0.15) is 16.7 Å². The van der Waals surface area contributed by atoms with Crippen molar-refractivity contribution in [3.63, 3.8) is 0 Å². The monoisotopic (exact) mass is 243 g/mol. The lowest BCUT2D eigenvalue weighted by Gasteiger charge is -2.15. The van der Waals surface area contributed by atoms with Gasteiger partial charge < -0.3 is 10.1 Å². The summed E-state index contributed by atoms with van der Waals surface area (Å²) in [5.74, 6) is 0.758. The van der Waals surface area contributed by atoms with E-state index in [0.717, 1.165) is 27.5 Å². The Morgan fingerprint density at radius 2 is 2.07 bits per heavy atom. The van der Waals surface area contributed by atoms with Gasteiger partial charge in [0.1, 0.15) is 10.7 Å². The minimum absolute atomic E-state index is 0.645. The lowest BCUT2D eigenvalue weighted by molar-refractivity contribution is 0.413. The van der Waals surface area contributed by atoms with Crippen molar-refractivity contribution < 1.29 is 4.74 Å². The van der Waals surface area contributed by atoms with E-state index in [0.29, 0.717) is 4.99 Å². The Morgan fingerprint density at radius 3 is 2.53 bits per heavy atom. The maximum atomic E-state index is 6.17. The first kappa shape index (κ1) is 12.3. The van der Waals surface area contributed by atoms with Crippen LogP contribution < -0.4 is 10.1 Å². The molecule has 0 unspecified atom stereocenters. The fourth-order valence-electron chi connectivity index (χ4n) is 1.49. The maximum Gasteiger partial charge on any atom is 0.129 e. The van der Waals surface area contributed by atoms with Crippen LogP contribution in [0.4, 0.5) is 0 Å². The molecule has 0 spiro atoms. The van der Waals surface area contributed by atoms with Crippen molar-refractivity contribution in [3.8, 4) is 5.75 Å². The third-order valence-corrected chi connectivity index (χ3v) is 3.31. The number of ether oxygens (including phenoxy) is 1. The zero-order valence-corrected chi connectivity index (χ0v) is 10.8. The van der Waals surface area contributed by atoms with Crippen LogP contribution in [0.25, 0.3) is 0 Å². The van der Waals surface area contributed by atoms with Gasteiger partial charge in [0.05, 0.1) is 12.7 Å². The number of benzene rings is 1. The first-order valence-corrected chi connectivity index (χ1v) is 5.37. The molecule has 0 saturated heterocycles. The molecule has 0 saturated carbocycles. The van der Waals surface area contributed by atoms with Crippen LogP contribution >= 0.6 is 23.8 Å². The Balaban J connectivity index is 3.47. The molecular formula is C11H14ClNOS. The number of thiocarbonyl (C=S) groups is 1. The highest BCUT2D eigenvalue weighted by molar-refractivity contribution is 7.80. The molecule has 4 heteroatoms. The topological polar surface area (TPSA) is 21.3 Å². The van der Waals surface area contributed by atoms with E-state index in [1.54, 1.807) is 14.2 Å². The number of hydrogen-bond donors (Lipinski definition) is 1. The van der Waals surface area contributed by atoms with Crippen LogP contribution in [-0.4, -0.2) is 19.1 Å². The molecule has 0 atom stereocenters.